The molecule has 1 aliphatic rings. The third kappa shape index (κ3) is 5.54. The van der Waals surface area contributed by atoms with Crippen LogP contribution in [0.1, 0.15) is 41.6 Å². The predicted molar refractivity (Wildman–Crippen MR) is 148 cm³/mol. The van der Waals surface area contributed by atoms with Crippen LogP contribution in [0, 0.1) is 12.4 Å². The Morgan fingerprint density at radius 2 is 1.95 bits per heavy atom. The van der Waals surface area contributed by atoms with E-state index in [2.05, 4.69) is 31.7 Å². The number of anilines is 1. The smallest absolute Gasteiger partial charge is 0.252 e. The minimum absolute atomic E-state index is 0.114. The molecule has 0 bridgehead atoms. The van der Waals surface area contributed by atoms with E-state index in [1.807, 2.05) is 18.2 Å². The van der Waals surface area contributed by atoms with E-state index in [0.717, 1.165) is 25.7 Å². The van der Waals surface area contributed by atoms with Crippen molar-refractivity contribution >= 4 is 28.5 Å². The average Bonchev–Trinajstić information content (AvgIpc) is 3.27. The summed E-state index contributed by atoms with van der Waals surface area (Å²) < 4.78 is 20.8. The summed E-state index contributed by atoms with van der Waals surface area (Å²) in [6.45, 7) is 11.7. The summed E-state index contributed by atoms with van der Waals surface area (Å²) >= 11 is 0. The van der Waals surface area contributed by atoms with Crippen LogP contribution in [-0.2, 0) is 4.79 Å². The summed E-state index contributed by atoms with van der Waals surface area (Å²) in [7, 11) is 0. The molecule has 2 aromatic heterocycles. The fourth-order valence-corrected chi connectivity index (χ4v) is 4.87. The molecule has 4 aromatic rings. The lowest BCUT2D eigenvalue weighted by Gasteiger charge is -2.30. The number of halogens is 1. The number of amides is 1. The van der Waals surface area contributed by atoms with E-state index in [9.17, 15) is 9.59 Å². The highest BCUT2D eigenvalue weighted by Crippen LogP contribution is 2.29. The van der Waals surface area contributed by atoms with Crippen LogP contribution in [0.5, 0.6) is 11.5 Å². The Hall–Kier alpha value is -5.04. The molecular formula is C30H27FN6O3. The molecule has 202 valence electrons. The van der Waals surface area contributed by atoms with Gasteiger partial charge in [-0.1, -0.05) is 37.6 Å². The van der Waals surface area contributed by atoms with Crippen LogP contribution in [0.4, 0.5) is 10.2 Å². The van der Waals surface area contributed by atoms with E-state index in [4.69, 9.17) is 11.3 Å². The Balaban J connectivity index is 1.39. The molecule has 0 radical (unpaired) electrons. The molecule has 3 heterocycles. The highest BCUT2D eigenvalue weighted by molar-refractivity contribution is 6.18. The summed E-state index contributed by atoms with van der Waals surface area (Å²) in [6.07, 6.45) is 6.38. The number of para-hydroxylation sites is 1. The van der Waals surface area contributed by atoms with Crippen LogP contribution in [0.15, 0.2) is 73.3 Å². The molecule has 0 saturated carbocycles. The second kappa shape index (κ2) is 11.8. The number of carbonyl (C=O) groups excluding carboxylic acids is 2. The summed E-state index contributed by atoms with van der Waals surface area (Å²) in [6, 6.07) is 12.9. The van der Waals surface area contributed by atoms with Gasteiger partial charge in [0.15, 0.2) is 5.78 Å². The van der Waals surface area contributed by atoms with Gasteiger partial charge in [-0.15, -0.1) is 0 Å². The third-order valence-corrected chi connectivity index (χ3v) is 6.90. The van der Waals surface area contributed by atoms with Crippen molar-refractivity contribution in [2.45, 2.75) is 31.7 Å². The summed E-state index contributed by atoms with van der Waals surface area (Å²) in [5.41, 5.74) is 0.399. The van der Waals surface area contributed by atoms with Crippen LogP contribution in [0.25, 0.3) is 15.9 Å². The first-order chi connectivity index (χ1) is 19.5. The van der Waals surface area contributed by atoms with Crippen molar-refractivity contribution in [1.29, 1.82) is 0 Å². The predicted octanol–water partition coefficient (Wildman–Crippen LogP) is 5.74. The van der Waals surface area contributed by atoms with Crippen LogP contribution in [-0.4, -0.2) is 50.7 Å². The molecule has 0 aliphatic carbocycles. The number of likely N-dealkylation sites (tertiary alicyclic amines) is 1. The van der Waals surface area contributed by atoms with Crippen molar-refractivity contribution in [3.05, 3.63) is 102 Å². The van der Waals surface area contributed by atoms with Crippen LogP contribution in [0.2, 0.25) is 0 Å². The average molecular weight is 539 g/mol. The van der Waals surface area contributed by atoms with Crippen molar-refractivity contribution in [1.82, 2.24) is 19.9 Å². The van der Waals surface area contributed by atoms with Crippen molar-refractivity contribution in [2.75, 3.05) is 18.4 Å². The van der Waals surface area contributed by atoms with E-state index in [-0.39, 0.29) is 34.5 Å². The first kappa shape index (κ1) is 26.6. The normalized spacial score (nSPS) is 15.2. The number of aromatic amines is 1. The van der Waals surface area contributed by atoms with E-state index < -0.39 is 11.6 Å². The van der Waals surface area contributed by atoms with Gasteiger partial charge in [0.05, 0.1) is 23.1 Å². The molecule has 5 rings (SSSR count). The molecule has 1 atom stereocenters. The van der Waals surface area contributed by atoms with E-state index in [1.165, 1.54) is 24.7 Å². The van der Waals surface area contributed by atoms with Gasteiger partial charge in [0.2, 0.25) is 5.70 Å². The highest BCUT2D eigenvalue weighted by atomic mass is 19.1. The number of hydrogen-bond acceptors (Lipinski definition) is 6. The van der Waals surface area contributed by atoms with E-state index in [0.29, 0.717) is 35.7 Å². The van der Waals surface area contributed by atoms with Gasteiger partial charge >= 0.3 is 0 Å². The molecule has 1 saturated heterocycles. The molecule has 1 fully saturated rings. The van der Waals surface area contributed by atoms with E-state index >= 15 is 4.39 Å². The Kier molecular flexibility index (Phi) is 7.82. The minimum Gasteiger partial charge on any atom is -0.457 e. The first-order valence-electron chi connectivity index (χ1n) is 13.0. The molecule has 9 nitrogen and oxygen atoms in total. The lowest BCUT2D eigenvalue weighted by molar-refractivity contribution is -0.128. The number of nitrogens with zero attached hydrogens (tertiary/aromatic N) is 4. The van der Waals surface area contributed by atoms with Gasteiger partial charge < -0.3 is 19.9 Å². The first-order valence-corrected chi connectivity index (χ1v) is 13.0. The number of ether oxygens (including phenoxy) is 1. The minimum atomic E-state index is -0.716. The fraction of sp³-hybridized carbons (Fsp3) is 0.233. The van der Waals surface area contributed by atoms with Gasteiger partial charge in [-0.3, -0.25) is 9.59 Å². The zero-order chi connectivity index (χ0) is 28.1. The Labute approximate surface area is 230 Å². The standard InChI is InChI=1S/C30H27FN6O3/c1-19(32-2)30(39)37-14-8-4-5-9-20(37)16-33-28-26-24(17-34-29(26)36-18-35-28)27(38)23-13-12-22(15-25(23)31)40-21-10-6-3-7-11-21/h3,6-7,10-13,15,17-18,20H,1,4-5,8-9,14,16H2,(H2,33,34,35,36). The van der Waals surface area contributed by atoms with Crippen molar-refractivity contribution < 1.29 is 18.7 Å². The van der Waals surface area contributed by atoms with Gasteiger partial charge in [-0.2, -0.15) is 0 Å². The van der Waals surface area contributed by atoms with E-state index in [1.54, 1.807) is 23.1 Å². The van der Waals surface area contributed by atoms with Gasteiger partial charge in [0.1, 0.15) is 35.1 Å². The summed E-state index contributed by atoms with van der Waals surface area (Å²) in [4.78, 5) is 42.7. The molecule has 1 unspecified atom stereocenters. The summed E-state index contributed by atoms with van der Waals surface area (Å²) in [5.74, 6) is -0.408. The lowest BCUT2D eigenvalue weighted by Crippen LogP contribution is -2.44. The van der Waals surface area contributed by atoms with Crippen LogP contribution < -0.4 is 10.1 Å². The second-order valence-electron chi connectivity index (χ2n) is 9.48. The third-order valence-electron chi connectivity index (χ3n) is 6.90. The number of H-pyrrole nitrogens is 1. The topological polar surface area (TPSA) is 105 Å². The molecule has 1 amide bonds. The maximum absolute atomic E-state index is 15.1. The number of nitrogens with one attached hydrogen (secondary N) is 2. The molecule has 2 N–H and O–H groups in total. The Bertz CT molecular complexity index is 1610. The maximum Gasteiger partial charge on any atom is 0.252 e. The second-order valence-corrected chi connectivity index (χ2v) is 9.48. The lowest BCUT2D eigenvalue weighted by atomic mass is 10.0. The molecule has 10 heteroatoms. The molecule has 1 aliphatic heterocycles. The van der Waals surface area contributed by atoms with Crippen molar-refractivity contribution in [3.63, 3.8) is 0 Å². The number of rotatable bonds is 8. The highest BCUT2D eigenvalue weighted by Gasteiger charge is 2.28. The Morgan fingerprint density at radius 1 is 1.12 bits per heavy atom. The fourth-order valence-electron chi connectivity index (χ4n) is 4.87. The quantitative estimate of drug-likeness (QED) is 0.169. The van der Waals surface area contributed by atoms with Gasteiger partial charge in [-0.25, -0.2) is 19.2 Å². The van der Waals surface area contributed by atoms with Crippen LogP contribution >= 0.6 is 0 Å². The van der Waals surface area contributed by atoms with Gasteiger partial charge in [0.25, 0.3) is 5.91 Å². The molecule has 2 aromatic carbocycles. The Morgan fingerprint density at radius 3 is 2.73 bits per heavy atom. The number of fused-ring (bicyclic) bond motifs is 1. The number of carbonyl (C=O) groups is 2. The number of hydrogen-bond donors (Lipinski definition) is 2. The SMILES string of the molecule is [C-]#[N+]C(=C)C(=O)N1CCCCCC1CNc1ncnc2[nH]cc(C(=O)c3ccc(Oc4ccccc4)cc3F)c12. The number of aromatic nitrogens is 3. The zero-order valence-electron chi connectivity index (χ0n) is 21.7. The van der Waals surface area contributed by atoms with Gasteiger partial charge in [0, 0.05) is 31.4 Å². The number of benzene rings is 2. The molecule has 0 spiro atoms. The van der Waals surface area contributed by atoms with Crippen molar-refractivity contribution in [2.24, 2.45) is 0 Å². The van der Waals surface area contributed by atoms with Crippen LogP contribution in [0.3, 0.4) is 0 Å². The maximum atomic E-state index is 15.1. The van der Waals surface area contributed by atoms with Gasteiger partial charge in [-0.05, 0) is 37.1 Å². The molecule has 40 heavy (non-hydrogen) atoms. The summed E-state index contributed by atoms with van der Waals surface area (Å²) in [5, 5.41) is 3.70. The molecular weight excluding hydrogens is 511 g/mol. The largest absolute Gasteiger partial charge is 0.457 e. The zero-order valence-corrected chi connectivity index (χ0v) is 21.7. The van der Waals surface area contributed by atoms with Crippen molar-refractivity contribution in [3.8, 4) is 11.5 Å². The number of ketones is 1. The monoisotopic (exact) mass is 538 g/mol.